The largest absolute Gasteiger partial charge is 0.383 e. The second-order valence-electron chi connectivity index (χ2n) is 4.31. The first-order valence-electron chi connectivity index (χ1n) is 6.10. The van der Waals surface area contributed by atoms with Crippen LogP contribution in [0.3, 0.4) is 0 Å². The molecule has 3 heteroatoms. The molecule has 0 fully saturated rings. The van der Waals surface area contributed by atoms with Crippen molar-refractivity contribution in [1.82, 2.24) is 4.98 Å². The molecule has 0 bridgehead atoms. The number of hydrogen-bond donors (Lipinski definition) is 2. The molecule has 1 aromatic carbocycles. The smallest absolute Gasteiger partial charge is 0.0933 e. The first kappa shape index (κ1) is 11.9. The second-order valence-corrected chi connectivity index (χ2v) is 4.31. The van der Waals surface area contributed by atoms with E-state index in [9.17, 15) is 0 Å². The zero-order chi connectivity index (χ0) is 12.1. The Morgan fingerprint density at radius 2 is 2.18 bits per heavy atom. The molecule has 0 atom stereocenters. The lowest BCUT2D eigenvalue weighted by molar-refractivity contribution is 0.774. The van der Waals surface area contributed by atoms with Gasteiger partial charge in [-0.3, -0.25) is 4.98 Å². The van der Waals surface area contributed by atoms with Gasteiger partial charge < -0.3 is 11.1 Å². The lowest BCUT2D eigenvalue weighted by atomic mass is 10.1. The van der Waals surface area contributed by atoms with E-state index >= 15 is 0 Å². The third-order valence-corrected chi connectivity index (χ3v) is 2.80. The highest BCUT2D eigenvalue weighted by molar-refractivity contribution is 5.90. The minimum Gasteiger partial charge on any atom is -0.383 e. The summed E-state index contributed by atoms with van der Waals surface area (Å²) in [5.74, 6) is 0. The molecule has 0 saturated carbocycles. The quantitative estimate of drug-likeness (QED) is 0.775. The lowest BCUT2D eigenvalue weighted by Crippen LogP contribution is -2.06. The number of benzene rings is 1. The van der Waals surface area contributed by atoms with Gasteiger partial charge in [-0.1, -0.05) is 6.07 Å². The molecule has 2 rings (SSSR count). The number of aromatic nitrogens is 1. The fraction of sp³-hybridized carbons (Fsp3) is 0.357. The van der Waals surface area contributed by atoms with Crippen molar-refractivity contribution >= 4 is 16.6 Å². The molecule has 0 spiro atoms. The summed E-state index contributed by atoms with van der Waals surface area (Å²) in [6, 6.07) is 8.38. The van der Waals surface area contributed by atoms with E-state index in [0.29, 0.717) is 0 Å². The molecule has 2 aromatic rings. The Labute approximate surface area is 102 Å². The number of pyridine rings is 1. The zero-order valence-electron chi connectivity index (χ0n) is 10.2. The highest BCUT2D eigenvalue weighted by Gasteiger charge is 2.02. The molecule has 0 aliphatic carbocycles. The molecular weight excluding hydrogens is 210 g/mol. The summed E-state index contributed by atoms with van der Waals surface area (Å²) in [5.41, 5.74) is 8.91. The van der Waals surface area contributed by atoms with Crippen molar-refractivity contribution < 1.29 is 0 Å². The topological polar surface area (TPSA) is 50.9 Å². The molecule has 17 heavy (non-hydrogen) atoms. The summed E-state index contributed by atoms with van der Waals surface area (Å²) in [6.07, 6.45) is 3.99. The van der Waals surface area contributed by atoms with Crippen LogP contribution in [0.15, 0.2) is 30.5 Å². The minimum absolute atomic E-state index is 0.758. The van der Waals surface area contributed by atoms with Crippen molar-refractivity contribution in [3.05, 3.63) is 36.0 Å². The van der Waals surface area contributed by atoms with Crippen molar-refractivity contribution in [3.63, 3.8) is 0 Å². The Hall–Kier alpha value is -1.61. The summed E-state index contributed by atoms with van der Waals surface area (Å²) in [4.78, 5) is 4.43. The van der Waals surface area contributed by atoms with Gasteiger partial charge in [-0.05, 0) is 50.1 Å². The monoisotopic (exact) mass is 229 g/mol. The van der Waals surface area contributed by atoms with E-state index in [2.05, 4.69) is 35.4 Å². The third-order valence-electron chi connectivity index (χ3n) is 2.80. The third kappa shape index (κ3) is 2.94. The number of unbranched alkanes of at least 4 members (excludes halogenated alkanes) is 1. The summed E-state index contributed by atoms with van der Waals surface area (Å²) in [6.45, 7) is 3.82. The maximum Gasteiger partial charge on any atom is 0.0933 e. The molecule has 3 N–H and O–H groups in total. The summed E-state index contributed by atoms with van der Waals surface area (Å²) >= 11 is 0. The van der Waals surface area contributed by atoms with Crippen LogP contribution < -0.4 is 11.1 Å². The number of nitrogens with one attached hydrogen (secondary N) is 1. The van der Waals surface area contributed by atoms with E-state index < -0.39 is 0 Å². The Morgan fingerprint density at radius 3 is 3.00 bits per heavy atom. The number of hydrogen-bond acceptors (Lipinski definition) is 3. The Kier molecular flexibility index (Phi) is 3.94. The van der Waals surface area contributed by atoms with Gasteiger partial charge in [0.15, 0.2) is 0 Å². The highest BCUT2D eigenvalue weighted by atomic mass is 14.9. The molecule has 0 aliphatic rings. The number of nitrogens with zero attached hydrogens (tertiary/aromatic N) is 1. The van der Waals surface area contributed by atoms with Crippen molar-refractivity contribution in [2.45, 2.75) is 19.8 Å². The van der Waals surface area contributed by atoms with Gasteiger partial charge in [-0.25, -0.2) is 0 Å². The molecule has 0 aliphatic heterocycles. The Morgan fingerprint density at radius 1 is 1.29 bits per heavy atom. The van der Waals surface area contributed by atoms with E-state index in [0.717, 1.165) is 37.1 Å². The van der Waals surface area contributed by atoms with Crippen LogP contribution in [-0.4, -0.2) is 18.1 Å². The first-order chi connectivity index (χ1) is 8.31. The number of anilines is 1. The first-order valence-corrected chi connectivity index (χ1v) is 6.10. The normalized spacial score (nSPS) is 10.7. The Bertz CT molecular complexity index is 494. The number of nitrogens with two attached hydrogens (primary N) is 1. The van der Waals surface area contributed by atoms with Crippen molar-refractivity contribution in [1.29, 1.82) is 0 Å². The summed E-state index contributed by atoms with van der Waals surface area (Å²) in [5, 5.41) is 4.63. The predicted octanol–water partition coefficient (Wildman–Crippen LogP) is 2.69. The average molecular weight is 229 g/mol. The zero-order valence-corrected chi connectivity index (χ0v) is 10.2. The lowest BCUT2D eigenvalue weighted by Gasteiger charge is -2.10. The number of fused-ring (bicyclic) bond motifs is 1. The molecule has 1 heterocycles. The molecule has 0 amide bonds. The fourth-order valence-corrected chi connectivity index (χ4v) is 1.97. The van der Waals surface area contributed by atoms with Gasteiger partial charge in [0.1, 0.15) is 0 Å². The number of rotatable bonds is 5. The van der Waals surface area contributed by atoms with E-state index in [1.807, 2.05) is 12.3 Å². The van der Waals surface area contributed by atoms with Crippen LogP contribution in [-0.2, 0) is 0 Å². The predicted molar refractivity (Wildman–Crippen MR) is 73.3 cm³/mol. The highest BCUT2D eigenvalue weighted by Crippen LogP contribution is 2.23. The van der Waals surface area contributed by atoms with Crippen LogP contribution in [0.25, 0.3) is 10.9 Å². The van der Waals surface area contributed by atoms with Gasteiger partial charge >= 0.3 is 0 Å². The SMILES string of the molecule is Cc1cc(NCCCCN)c2ncccc2c1. The molecule has 1 aromatic heterocycles. The molecule has 90 valence electrons. The van der Waals surface area contributed by atoms with E-state index in [1.54, 1.807) is 0 Å². The van der Waals surface area contributed by atoms with Gasteiger partial charge in [-0.2, -0.15) is 0 Å². The van der Waals surface area contributed by atoms with E-state index in [1.165, 1.54) is 10.9 Å². The van der Waals surface area contributed by atoms with Crippen molar-refractivity contribution in [3.8, 4) is 0 Å². The molecular formula is C14H19N3. The van der Waals surface area contributed by atoms with Gasteiger partial charge in [0.25, 0.3) is 0 Å². The van der Waals surface area contributed by atoms with Gasteiger partial charge in [0.05, 0.1) is 11.2 Å². The standard InChI is InChI=1S/C14H19N3/c1-11-9-12-5-4-8-17-14(12)13(10-11)16-7-3-2-6-15/h4-5,8-10,16H,2-3,6-7,15H2,1H3. The van der Waals surface area contributed by atoms with E-state index in [4.69, 9.17) is 5.73 Å². The van der Waals surface area contributed by atoms with Gasteiger partial charge in [0.2, 0.25) is 0 Å². The maximum atomic E-state index is 5.48. The van der Waals surface area contributed by atoms with Crippen molar-refractivity contribution in [2.24, 2.45) is 5.73 Å². The van der Waals surface area contributed by atoms with Gasteiger partial charge in [-0.15, -0.1) is 0 Å². The van der Waals surface area contributed by atoms with Crippen LogP contribution in [0, 0.1) is 6.92 Å². The van der Waals surface area contributed by atoms with Gasteiger partial charge in [0, 0.05) is 18.1 Å². The van der Waals surface area contributed by atoms with Crippen LogP contribution in [0.1, 0.15) is 18.4 Å². The molecule has 0 saturated heterocycles. The van der Waals surface area contributed by atoms with Crippen LogP contribution in [0.5, 0.6) is 0 Å². The summed E-state index contributed by atoms with van der Waals surface area (Å²) in [7, 11) is 0. The molecule has 0 radical (unpaired) electrons. The van der Waals surface area contributed by atoms with Crippen molar-refractivity contribution in [2.75, 3.05) is 18.4 Å². The van der Waals surface area contributed by atoms with E-state index in [-0.39, 0.29) is 0 Å². The van der Waals surface area contributed by atoms with Crippen LogP contribution in [0.4, 0.5) is 5.69 Å². The second kappa shape index (κ2) is 5.64. The molecule has 3 nitrogen and oxygen atoms in total. The van der Waals surface area contributed by atoms with Crippen LogP contribution in [0.2, 0.25) is 0 Å². The van der Waals surface area contributed by atoms with Crippen LogP contribution >= 0.6 is 0 Å². The minimum atomic E-state index is 0.758. The molecule has 0 unspecified atom stereocenters. The fourth-order valence-electron chi connectivity index (χ4n) is 1.97. The Balaban J connectivity index is 2.20. The maximum absolute atomic E-state index is 5.48. The summed E-state index contributed by atoms with van der Waals surface area (Å²) < 4.78 is 0. The number of aryl methyl sites for hydroxylation is 1. The average Bonchev–Trinajstić information content (AvgIpc) is 2.34.